The molecule has 0 aromatic carbocycles. The molecule has 1 aromatic rings. The molecule has 2 aliphatic carbocycles. The van der Waals surface area contributed by atoms with Crippen LogP contribution in [0.5, 0.6) is 0 Å². The van der Waals surface area contributed by atoms with Crippen LogP contribution in [0.4, 0.5) is 0 Å². The maximum Gasteiger partial charge on any atom is 0.129 e. The van der Waals surface area contributed by atoms with Crippen LogP contribution in [0.3, 0.4) is 0 Å². The predicted molar refractivity (Wildman–Crippen MR) is 84.0 cm³/mol. The predicted octanol–water partition coefficient (Wildman–Crippen LogP) is 4.29. The van der Waals surface area contributed by atoms with E-state index in [9.17, 15) is 0 Å². The minimum Gasteiger partial charge on any atom is -0.462 e. The molecule has 0 spiro atoms. The van der Waals surface area contributed by atoms with Gasteiger partial charge < -0.3 is 14.5 Å². The van der Waals surface area contributed by atoms with E-state index >= 15 is 0 Å². The Balaban J connectivity index is 1.67. The average molecular weight is 291 g/mol. The minimum atomic E-state index is 0.360. The first-order valence-electron chi connectivity index (χ1n) is 8.56. The highest BCUT2D eigenvalue weighted by Crippen LogP contribution is 2.46. The molecule has 0 bridgehead atoms. The lowest BCUT2D eigenvalue weighted by Gasteiger charge is -2.41. The second-order valence-corrected chi connectivity index (χ2v) is 6.88. The molecule has 3 heteroatoms. The van der Waals surface area contributed by atoms with Crippen LogP contribution < -0.4 is 5.32 Å². The molecule has 2 aliphatic rings. The Hall–Kier alpha value is -0.800. The van der Waals surface area contributed by atoms with E-state index in [2.05, 4.69) is 24.5 Å². The molecule has 2 fully saturated rings. The van der Waals surface area contributed by atoms with Crippen LogP contribution in [0.15, 0.2) is 16.5 Å². The fourth-order valence-electron chi connectivity index (χ4n) is 4.60. The summed E-state index contributed by atoms with van der Waals surface area (Å²) >= 11 is 0. The molecule has 0 saturated heterocycles. The standard InChI is InChI=1S/C18H29NO2/c1-19-18(17-10-9-16(21-17)12-20-2)15-8-7-13-5-3-4-6-14(13)11-15/h9-10,13-15,18-19H,3-8,11-12H2,1-2H3. The van der Waals surface area contributed by atoms with Gasteiger partial charge in [-0.15, -0.1) is 0 Å². The summed E-state index contributed by atoms with van der Waals surface area (Å²) in [5.74, 6) is 4.70. The Morgan fingerprint density at radius 3 is 2.76 bits per heavy atom. The van der Waals surface area contributed by atoms with E-state index in [1.54, 1.807) is 7.11 Å². The van der Waals surface area contributed by atoms with E-state index in [1.165, 1.54) is 44.9 Å². The minimum absolute atomic E-state index is 0.360. The van der Waals surface area contributed by atoms with Crippen molar-refractivity contribution in [1.82, 2.24) is 5.32 Å². The summed E-state index contributed by atoms with van der Waals surface area (Å²) in [5, 5.41) is 3.50. The molecule has 3 nitrogen and oxygen atoms in total. The summed E-state index contributed by atoms with van der Waals surface area (Å²) in [7, 11) is 3.78. The molecule has 21 heavy (non-hydrogen) atoms. The van der Waals surface area contributed by atoms with Crippen LogP contribution in [0.25, 0.3) is 0 Å². The molecule has 1 heterocycles. The van der Waals surface area contributed by atoms with Crippen molar-refractivity contribution in [3.63, 3.8) is 0 Å². The van der Waals surface area contributed by atoms with Gasteiger partial charge in [0.2, 0.25) is 0 Å². The van der Waals surface area contributed by atoms with Gasteiger partial charge in [-0.05, 0) is 56.2 Å². The molecule has 0 aliphatic heterocycles. The zero-order chi connectivity index (χ0) is 14.7. The largest absolute Gasteiger partial charge is 0.462 e. The van der Waals surface area contributed by atoms with Crippen molar-refractivity contribution in [2.45, 2.75) is 57.6 Å². The summed E-state index contributed by atoms with van der Waals surface area (Å²) in [4.78, 5) is 0. The highest BCUT2D eigenvalue weighted by Gasteiger charge is 2.36. The Labute approximate surface area is 128 Å². The third-order valence-corrected chi connectivity index (χ3v) is 5.64. The second kappa shape index (κ2) is 6.97. The van der Waals surface area contributed by atoms with Crippen molar-refractivity contribution in [3.8, 4) is 0 Å². The smallest absolute Gasteiger partial charge is 0.129 e. The average Bonchev–Trinajstić information content (AvgIpc) is 2.97. The number of ether oxygens (including phenoxy) is 1. The van der Waals surface area contributed by atoms with Gasteiger partial charge in [-0.25, -0.2) is 0 Å². The van der Waals surface area contributed by atoms with Gasteiger partial charge in [-0.3, -0.25) is 0 Å². The Morgan fingerprint density at radius 2 is 2.00 bits per heavy atom. The number of fused-ring (bicyclic) bond motifs is 1. The van der Waals surface area contributed by atoms with Gasteiger partial charge in [0.05, 0.1) is 6.04 Å². The van der Waals surface area contributed by atoms with Gasteiger partial charge in [0.1, 0.15) is 18.1 Å². The number of nitrogens with one attached hydrogen (secondary N) is 1. The molecule has 3 rings (SSSR count). The van der Waals surface area contributed by atoms with Gasteiger partial charge in [0.15, 0.2) is 0 Å². The van der Waals surface area contributed by atoms with Crippen LogP contribution >= 0.6 is 0 Å². The topological polar surface area (TPSA) is 34.4 Å². The molecule has 1 N–H and O–H groups in total. The zero-order valence-corrected chi connectivity index (χ0v) is 13.4. The molecule has 2 saturated carbocycles. The Bertz CT molecular complexity index is 442. The van der Waals surface area contributed by atoms with Gasteiger partial charge >= 0.3 is 0 Å². The quantitative estimate of drug-likeness (QED) is 0.878. The zero-order valence-electron chi connectivity index (χ0n) is 13.4. The first-order chi connectivity index (χ1) is 10.3. The molecule has 4 unspecified atom stereocenters. The van der Waals surface area contributed by atoms with Crippen LogP contribution in [-0.2, 0) is 11.3 Å². The summed E-state index contributed by atoms with van der Waals surface area (Å²) in [6, 6.07) is 4.54. The maximum atomic E-state index is 5.98. The van der Waals surface area contributed by atoms with Crippen LogP contribution in [0.2, 0.25) is 0 Å². The summed E-state index contributed by atoms with van der Waals surface area (Å²) < 4.78 is 11.1. The summed E-state index contributed by atoms with van der Waals surface area (Å²) in [6.07, 6.45) is 9.95. The Morgan fingerprint density at radius 1 is 1.19 bits per heavy atom. The van der Waals surface area contributed by atoms with Crippen LogP contribution in [-0.4, -0.2) is 14.2 Å². The molecular formula is C18H29NO2. The van der Waals surface area contributed by atoms with Gasteiger partial charge in [0.25, 0.3) is 0 Å². The number of hydrogen-bond acceptors (Lipinski definition) is 3. The van der Waals surface area contributed by atoms with Crippen molar-refractivity contribution >= 4 is 0 Å². The molecular weight excluding hydrogens is 262 g/mol. The summed E-state index contributed by atoms with van der Waals surface area (Å²) in [5.41, 5.74) is 0. The van der Waals surface area contributed by atoms with Crippen LogP contribution in [0, 0.1) is 17.8 Å². The van der Waals surface area contributed by atoms with Crippen molar-refractivity contribution < 1.29 is 9.15 Å². The molecule has 1 aromatic heterocycles. The number of methoxy groups -OCH3 is 1. The first kappa shape index (κ1) is 15.1. The Kier molecular flexibility index (Phi) is 5.02. The lowest BCUT2D eigenvalue weighted by molar-refractivity contribution is 0.104. The SMILES string of the molecule is CNC(c1ccc(COC)o1)C1CCC2CCCCC2C1. The number of furan rings is 1. The van der Waals surface area contributed by atoms with E-state index in [1.807, 2.05) is 0 Å². The van der Waals surface area contributed by atoms with E-state index in [-0.39, 0.29) is 0 Å². The number of rotatable bonds is 5. The van der Waals surface area contributed by atoms with Crippen molar-refractivity contribution in [1.29, 1.82) is 0 Å². The van der Waals surface area contributed by atoms with Crippen LogP contribution in [0.1, 0.15) is 62.5 Å². The lowest BCUT2D eigenvalue weighted by atomic mass is 9.66. The monoisotopic (exact) mass is 291 g/mol. The summed E-state index contributed by atoms with van der Waals surface area (Å²) in [6.45, 7) is 0.561. The number of hydrogen-bond donors (Lipinski definition) is 1. The van der Waals surface area contributed by atoms with Gasteiger partial charge in [-0.1, -0.05) is 25.7 Å². The fourth-order valence-corrected chi connectivity index (χ4v) is 4.60. The first-order valence-corrected chi connectivity index (χ1v) is 8.56. The van der Waals surface area contributed by atoms with E-state index in [0.717, 1.165) is 29.3 Å². The highest BCUT2D eigenvalue weighted by molar-refractivity contribution is 5.12. The maximum absolute atomic E-state index is 5.98. The fraction of sp³-hybridized carbons (Fsp3) is 0.778. The molecule has 0 radical (unpaired) electrons. The van der Waals surface area contributed by atoms with Gasteiger partial charge in [-0.2, -0.15) is 0 Å². The molecule has 4 atom stereocenters. The normalized spacial score (nSPS) is 30.9. The van der Waals surface area contributed by atoms with Crippen molar-refractivity contribution in [2.24, 2.45) is 17.8 Å². The molecule has 118 valence electrons. The van der Waals surface area contributed by atoms with E-state index in [4.69, 9.17) is 9.15 Å². The third-order valence-electron chi connectivity index (χ3n) is 5.64. The third kappa shape index (κ3) is 3.35. The lowest BCUT2D eigenvalue weighted by Crippen LogP contribution is -2.34. The van der Waals surface area contributed by atoms with E-state index in [0.29, 0.717) is 12.6 Å². The van der Waals surface area contributed by atoms with E-state index < -0.39 is 0 Å². The van der Waals surface area contributed by atoms with Crippen molar-refractivity contribution in [2.75, 3.05) is 14.2 Å². The highest BCUT2D eigenvalue weighted by atomic mass is 16.5. The molecule has 0 amide bonds. The second-order valence-electron chi connectivity index (χ2n) is 6.88. The van der Waals surface area contributed by atoms with Gasteiger partial charge in [0, 0.05) is 7.11 Å². The van der Waals surface area contributed by atoms with Crippen molar-refractivity contribution in [3.05, 3.63) is 23.7 Å².